The van der Waals surface area contributed by atoms with E-state index >= 15 is 0 Å². The molecule has 0 unspecified atom stereocenters. The van der Waals surface area contributed by atoms with Crippen molar-refractivity contribution in [3.8, 4) is 0 Å². The summed E-state index contributed by atoms with van der Waals surface area (Å²) < 4.78 is 15.5. The quantitative estimate of drug-likeness (QED) is 0.400. The van der Waals surface area contributed by atoms with E-state index in [9.17, 15) is 9.18 Å². The molecule has 5 heteroatoms. The molecule has 1 N–H and O–H groups in total. The number of halogens is 1. The molecule has 0 spiro atoms. The first kappa shape index (κ1) is 24.0. The summed E-state index contributed by atoms with van der Waals surface area (Å²) in [5, 5.41) is 8.17. The Kier molecular flexibility index (Phi) is 8.57. The van der Waals surface area contributed by atoms with Crippen LogP contribution >= 0.6 is 0 Å². The molecule has 0 radical (unpaired) electrons. The molecular weight excluding hydrogens is 413 g/mol. The Morgan fingerprint density at radius 2 is 1.70 bits per heavy atom. The van der Waals surface area contributed by atoms with Crippen LogP contribution in [0.3, 0.4) is 0 Å². The van der Waals surface area contributed by atoms with Gasteiger partial charge in [0.15, 0.2) is 5.69 Å². The van der Waals surface area contributed by atoms with Crippen molar-refractivity contribution in [2.24, 2.45) is 0 Å². The van der Waals surface area contributed by atoms with E-state index in [1.165, 1.54) is 56.7 Å². The van der Waals surface area contributed by atoms with Crippen molar-refractivity contribution in [3.05, 3.63) is 52.6 Å². The van der Waals surface area contributed by atoms with E-state index in [1.807, 2.05) is 6.07 Å². The Morgan fingerprint density at radius 3 is 2.42 bits per heavy atom. The number of carbonyl (C=O) groups is 1. The van der Waals surface area contributed by atoms with E-state index in [1.54, 1.807) is 12.1 Å². The summed E-state index contributed by atoms with van der Waals surface area (Å²) in [6, 6.07) is 7.68. The van der Waals surface area contributed by atoms with Crippen LogP contribution in [-0.2, 0) is 12.8 Å². The number of benzene rings is 1. The van der Waals surface area contributed by atoms with Crippen LogP contribution in [0.15, 0.2) is 24.3 Å². The van der Waals surface area contributed by atoms with Crippen LogP contribution in [0.4, 0.5) is 4.39 Å². The molecule has 1 aromatic carbocycles. The lowest BCUT2D eigenvalue weighted by Crippen LogP contribution is -2.33. The van der Waals surface area contributed by atoms with Crippen molar-refractivity contribution < 1.29 is 9.18 Å². The van der Waals surface area contributed by atoms with Crippen LogP contribution in [0.25, 0.3) is 0 Å². The number of nitrogens with one attached hydrogen (secondary N) is 1. The van der Waals surface area contributed by atoms with Gasteiger partial charge in [-0.1, -0.05) is 57.1 Å². The molecule has 2 aliphatic rings. The molecule has 4 nitrogen and oxygen atoms in total. The first-order valence-electron chi connectivity index (χ1n) is 13.2. The molecule has 4 rings (SSSR count). The third kappa shape index (κ3) is 6.45. The van der Waals surface area contributed by atoms with Gasteiger partial charge in [-0.25, -0.2) is 4.39 Å². The van der Waals surface area contributed by atoms with Crippen molar-refractivity contribution in [1.29, 1.82) is 0 Å². The second kappa shape index (κ2) is 11.8. The summed E-state index contributed by atoms with van der Waals surface area (Å²) >= 11 is 0. The number of rotatable bonds is 10. The molecule has 2 fully saturated rings. The number of amides is 1. The predicted molar refractivity (Wildman–Crippen MR) is 131 cm³/mol. The smallest absolute Gasteiger partial charge is 0.272 e. The maximum atomic E-state index is 13.3. The van der Waals surface area contributed by atoms with E-state index in [2.05, 4.69) is 16.9 Å². The molecule has 180 valence electrons. The summed E-state index contributed by atoms with van der Waals surface area (Å²) in [5.41, 5.74) is 4.09. The molecule has 1 aromatic heterocycles. The normalized spacial score (nSPS) is 17.5. The second-order valence-electron chi connectivity index (χ2n) is 10.1. The third-order valence-electron chi connectivity index (χ3n) is 7.63. The van der Waals surface area contributed by atoms with Gasteiger partial charge in [0.05, 0.1) is 6.04 Å². The zero-order chi connectivity index (χ0) is 23.0. The maximum absolute atomic E-state index is 13.3. The van der Waals surface area contributed by atoms with E-state index in [0.29, 0.717) is 17.8 Å². The Hall–Kier alpha value is -2.17. The SMILES string of the molecule is Cc1c(CCCCCCc2cccc(F)c2)c(C(=O)NC2CCCC2)nn1C1CCCCC1. The highest BCUT2D eigenvalue weighted by Crippen LogP contribution is 2.31. The van der Waals surface area contributed by atoms with Gasteiger partial charge < -0.3 is 5.32 Å². The number of nitrogens with zero attached hydrogens (tertiary/aromatic N) is 2. The lowest BCUT2D eigenvalue weighted by molar-refractivity contribution is 0.0930. The average molecular weight is 454 g/mol. The topological polar surface area (TPSA) is 46.9 Å². The van der Waals surface area contributed by atoms with Crippen LogP contribution in [-0.4, -0.2) is 21.7 Å². The van der Waals surface area contributed by atoms with Crippen LogP contribution in [0, 0.1) is 12.7 Å². The number of hydrogen-bond donors (Lipinski definition) is 1. The number of carbonyl (C=O) groups excluding carboxylic acids is 1. The third-order valence-corrected chi connectivity index (χ3v) is 7.63. The largest absolute Gasteiger partial charge is 0.348 e. The van der Waals surface area contributed by atoms with Crippen molar-refractivity contribution in [2.75, 3.05) is 0 Å². The van der Waals surface area contributed by atoms with Crippen molar-refractivity contribution in [3.63, 3.8) is 0 Å². The Bertz CT molecular complexity index is 910. The van der Waals surface area contributed by atoms with Gasteiger partial charge in [0.25, 0.3) is 5.91 Å². The molecule has 2 saturated carbocycles. The first-order valence-corrected chi connectivity index (χ1v) is 13.2. The van der Waals surface area contributed by atoms with Crippen molar-refractivity contribution >= 4 is 5.91 Å². The van der Waals surface area contributed by atoms with Gasteiger partial charge in [0, 0.05) is 17.3 Å². The first-order chi connectivity index (χ1) is 16.1. The fourth-order valence-corrected chi connectivity index (χ4v) is 5.72. The summed E-state index contributed by atoms with van der Waals surface area (Å²) in [6.45, 7) is 2.16. The Balaban J connectivity index is 1.35. The van der Waals surface area contributed by atoms with Gasteiger partial charge >= 0.3 is 0 Å². The molecule has 1 amide bonds. The zero-order valence-electron chi connectivity index (χ0n) is 20.3. The van der Waals surface area contributed by atoms with Crippen LogP contribution in [0.2, 0.25) is 0 Å². The number of aromatic nitrogens is 2. The monoisotopic (exact) mass is 453 g/mol. The summed E-state index contributed by atoms with van der Waals surface area (Å²) in [7, 11) is 0. The fourth-order valence-electron chi connectivity index (χ4n) is 5.72. The molecular formula is C28H40FN3O. The van der Waals surface area contributed by atoms with Crippen LogP contribution in [0.5, 0.6) is 0 Å². The lowest BCUT2D eigenvalue weighted by atomic mass is 9.95. The van der Waals surface area contributed by atoms with Gasteiger partial charge in [-0.15, -0.1) is 0 Å². The standard InChI is InChI=1S/C28H40FN3O/c1-21-26(19-8-3-2-5-12-22-13-11-14-23(29)20-22)27(28(33)30-24-15-9-10-16-24)31-32(21)25-17-6-4-7-18-25/h11,13-14,20,24-25H,2-10,12,15-19H2,1H3,(H,30,33). The minimum atomic E-state index is -0.152. The number of unbranched alkanes of at least 4 members (excludes halogenated alkanes) is 3. The Morgan fingerprint density at radius 1 is 1.00 bits per heavy atom. The molecule has 0 atom stereocenters. The fraction of sp³-hybridized carbons (Fsp3) is 0.643. The predicted octanol–water partition coefficient (Wildman–Crippen LogP) is 6.85. The van der Waals surface area contributed by atoms with E-state index < -0.39 is 0 Å². The zero-order valence-corrected chi connectivity index (χ0v) is 20.3. The highest BCUT2D eigenvalue weighted by atomic mass is 19.1. The van der Waals surface area contributed by atoms with Gasteiger partial charge in [0.1, 0.15) is 5.82 Å². The Labute approximate surface area is 198 Å². The van der Waals surface area contributed by atoms with Crippen LogP contribution < -0.4 is 5.32 Å². The highest BCUT2D eigenvalue weighted by molar-refractivity contribution is 5.94. The molecule has 33 heavy (non-hydrogen) atoms. The van der Waals surface area contributed by atoms with Gasteiger partial charge in [0.2, 0.25) is 0 Å². The van der Waals surface area contributed by atoms with Crippen LogP contribution in [0.1, 0.15) is 117 Å². The summed E-state index contributed by atoms with van der Waals surface area (Å²) in [6.07, 6.45) is 17.0. The molecule has 0 aliphatic heterocycles. The van der Waals surface area contributed by atoms with Gasteiger partial charge in [-0.2, -0.15) is 5.10 Å². The van der Waals surface area contributed by atoms with E-state index in [-0.39, 0.29) is 11.7 Å². The molecule has 1 heterocycles. The number of aryl methyl sites for hydroxylation is 1. The average Bonchev–Trinajstić information content (AvgIpc) is 3.44. The van der Waals surface area contributed by atoms with Gasteiger partial charge in [-0.05, 0) is 76.0 Å². The minimum Gasteiger partial charge on any atom is -0.348 e. The van der Waals surface area contributed by atoms with Gasteiger partial charge in [-0.3, -0.25) is 9.48 Å². The number of hydrogen-bond acceptors (Lipinski definition) is 2. The summed E-state index contributed by atoms with van der Waals surface area (Å²) in [4.78, 5) is 13.2. The molecule has 2 aliphatic carbocycles. The minimum absolute atomic E-state index is 0.0284. The second-order valence-corrected chi connectivity index (χ2v) is 10.1. The highest BCUT2D eigenvalue weighted by Gasteiger charge is 2.27. The van der Waals surface area contributed by atoms with Crippen molar-refractivity contribution in [2.45, 2.75) is 115 Å². The lowest BCUT2D eigenvalue weighted by Gasteiger charge is -2.23. The molecule has 2 aromatic rings. The molecule has 0 saturated heterocycles. The van der Waals surface area contributed by atoms with E-state index in [4.69, 9.17) is 5.10 Å². The van der Waals surface area contributed by atoms with E-state index in [0.717, 1.165) is 62.5 Å². The maximum Gasteiger partial charge on any atom is 0.272 e. The van der Waals surface area contributed by atoms with Crippen molar-refractivity contribution in [1.82, 2.24) is 15.1 Å². The summed E-state index contributed by atoms with van der Waals surface area (Å²) in [5.74, 6) is -0.123. The molecule has 0 bridgehead atoms.